The second kappa shape index (κ2) is 6.01. The van der Waals surface area contributed by atoms with Crippen molar-refractivity contribution in [3.05, 3.63) is 34.3 Å². The molecular weight excluding hydrogens is 350 g/mol. The molecule has 2 N–H and O–H groups in total. The summed E-state index contributed by atoms with van der Waals surface area (Å²) in [5.41, 5.74) is 0.585. The average molecular weight is 368 g/mol. The topological polar surface area (TPSA) is 75.6 Å². The summed E-state index contributed by atoms with van der Waals surface area (Å²) < 4.78 is 6.42. The lowest BCUT2D eigenvalue weighted by Gasteiger charge is -2.38. The number of carboxylic acids is 1. The first-order chi connectivity index (χ1) is 10.5. The van der Waals surface area contributed by atoms with Crippen molar-refractivity contribution in [2.45, 2.75) is 24.8 Å². The minimum Gasteiger partial charge on any atom is -0.481 e. The van der Waals surface area contributed by atoms with Crippen molar-refractivity contribution in [1.29, 1.82) is 0 Å². The summed E-state index contributed by atoms with van der Waals surface area (Å²) >= 11 is 3.42. The molecule has 2 aliphatic rings. The summed E-state index contributed by atoms with van der Waals surface area (Å²) in [6.45, 7) is 1.17. The minimum absolute atomic E-state index is 0.155. The van der Waals surface area contributed by atoms with Crippen LogP contribution in [0.1, 0.15) is 24.8 Å². The number of rotatable bonds is 4. The number of hydrogen-bond donors (Lipinski definition) is 2. The van der Waals surface area contributed by atoms with E-state index in [0.717, 1.165) is 10.0 Å². The number of aliphatic carboxylic acids is 1. The Balaban J connectivity index is 1.79. The Morgan fingerprint density at radius 2 is 1.82 bits per heavy atom. The number of nitrogens with one attached hydrogen (secondary N) is 1. The monoisotopic (exact) mass is 367 g/mol. The number of benzene rings is 1. The predicted molar refractivity (Wildman–Crippen MR) is 83.2 cm³/mol. The van der Waals surface area contributed by atoms with E-state index >= 15 is 0 Å². The van der Waals surface area contributed by atoms with Gasteiger partial charge in [0, 0.05) is 17.7 Å². The molecule has 1 saturated carbocycles. The fraction of sp³-hybridized carbons (Fsp3) is 0.500. The molecule has 6 heteroatoms. The Bertz CT molecular complexity index is 580. The molecule has 1 aliphatic carbocycles. The van der Waals surface area contributed by atoms with Crippen molar-refractivity contribution in [1.82, 2.24) is 5.32 Å². The number of carbonyl (C=O) groups is 2. The molecule has 1 saturated heterocycles. The summed E-state index contributed by atoms with van der Waals surface area (Å²) in [6, 6.07) is 7.90. The molecule has 1 aromatic carbocycles. The zero-order valence-electron chi connectivity index (χ0n) is 12.0. The molecule has 2 atom stereocenters. The molecule has 1 amide bonds. The van der Waals surface area contributed by atoms with Gasteiger partial charge in [-0.05, 0) is 37.0 Å². The zero-order valence-corrected chi connectivity index (χ0v) is 13.6. The van der Waals surface area contributed by atoms with Gasteiger partial charge >= 0.3 is 5.97 Å². The Labute approximate surface area is 137 Å². The van der Waals surface area contributed by atoms with Crippen molar-refractivity contribution in [3.63, 3.8) is 0 Å². The van der Waals surface area contributed by atoms with Crippen molar-refractivity contribution in [2.24, 2.45) is 11.8 Å². The molecule has 0 radical (unpaired) electrons. The molecule has 5 nitrogen and oxygen atoms in total. The average Bonchev–Trinajstić information content (AvgIpc) is 3.29. The van der Waals surface area contributed by atoms with Crippen molar-refractivity contribution in [2.75, 3.05) is 13.2 Å². The van der Waals surface area contributed by atoms with Gasteiger partial charge in [0.05, 0.1) is 17.4 Å². The van der Waals surface area contributed by atoms with Gasteiger partial charge in [0.15, 0.2) is 0 Å². The molecule has 118 valence electrons. The van der Waals surface area contributed by atoms with Crippen LogP contribution in [-0.4, -0.2) is 30.2 Å². The lowest BCUT2D eigenvalue weighted by Crippen LogP contribution is -2.50. The highest BCUT2D eigenvalue weighted by molar-refractivity contribution is 9.10. The van der Waals surface area contributed by atoms with E-state index in [2.05, 4.69) is 21.2 Å². The lowest BCUT2D eigenvalue weighted by molar-refractivity contribution is -0.140. The summed E-state index contributed by atoms with van der Waals surface area (Å²) in [5, 5.41) is 12.1. The third kappa shape index (κ3) is 3.03. The number of hydrogen-bond acceptors (Lipinski definition) is 3. The third-order valence-corrected chi connectivity index (χ3v) is 5.08. The van der Waals surface area contributed by atoms with Crippen LogP contribution in [0.3, 0.4) is 0 Å². The first kappa shape index (κ1) is 15.5. The van der Waals surface area contributed by atoms with E-state index in [4.69, 9.17) is 9.84 Å². The molecule has 1 aliphatic heterocycles. The number of carbonyl (C=O) groups excluding carboxylic acids is 1. The molecule has 2 fully saturated rings. The van der Waals surface area contributed by atoms with Gasteiger partial charge in [0.1, 0.15) is 0 Å². The third-order valence-electron chi connectivity index (χ3n) is 4.55. The summed E-state index contributed by atoms with van der Waals surface area (Å²) in [7, 11) is 0. The van der Waals surface area contributed by atoms with Gasteiger partial charge in [0.2, 0.25) is 5.91 Å². The Kier molecular flexibility index (Phi) is 4.23. The number of carboxylic acid groups (broad SMARTS) is 1. The van der Waals surface area contributed by atoms with E-state index in [1.165, 1.54) is 0 Å². The molecule has 22 heavy (non-hydrogen) atoms. The van der Waals surface area contributed by atoms with Crippen LogP contribution < -0.4 is 5.32 Å². The Hall–Kier alpha value is -1.40. The van der Waals surface area contributed by atoms with Crippen molar-refractivity contribution < 1.29 is 19.4 Å². The SMILES string of the molecule is O=C(O)[C@H]1C[C@H]1C(=O)NC1(c2ccc(Br)cc2)CCOCC1. The van der Waals surface area contributed by atoms with Gasteiger partial charge in [-0.2, -0.15) is 0 Å². The highest BCUT2D eigenvalue weighted by Crippen LogP contribution is 2.41. The summed E-state index contributed by atoms with van der Waals surface area (Å²) in [6.07, 6.45) is 1.84. The molecule has 1 aromatic rings. The second-order valence-corrected chi connectivity index (χ2v) is 6.89. The molecule has 0 unspecified atom stereocenters. The number of amides is 1. The van der Waals surface area contributed by atoms with Crippen molar-refractivity contribution in [3.8, 4) is 0 Å². The number of halogens is 1. The van der Waals surface area contributed by atoms with Gasteiger partial charge in [0.25, 0.3) is 0 Å². The van der Waals surface area contributed by atoms with Crippen molar-refractivity contribution >= 4 is 27.8 Å². The van der Waals surface area contributed by atoms with Gasteiger partial charge in [-0.15, -0.1) is 0 Å². The van der Waals surface area contributed by atoms with E-state index in [1.807, 2.05) is 24.3 Å². The van der Waals surface area contributed by atoms with E-state index in [0.29, 0.717) is 32.5 Å². The first-order valence-corrected chi connectivity index (χ1v) is 8.20. The van der Waals surface area contributed by atoms with Crippen LogP contribution in [0.4, 0.5) is 0 Å². The molecule has 3 rings (SSSR count). The zero-order chi connectivity index (χ0) is 15.7. The molecule has 1 heterocycles. The van der Waals surface area contributed by atoms with E-state index < -0.39 is 23.3 Å². The lowest BCUT2D eigenvalue weighted by atomic mass is 9.82. The highest BCUT2D eigenvalue weighted by atomic mass is 79.9. The van der Waals surface area contributed by atoms with Gasteiger partial charge < -0.3 is 15.2 Å². The van der Waals surface area contributed by atoms with E-state index in [-0.39, 0.29) is 5.91 Å². The quantitative estimate of drug-likeness (QED) is 0.855. The molecule has 0 spiro atoms. The maximum Gasteiger partial charge on any atom is 0.307 e. The Morgan fingerprint density at radius 3 is 2.36 bits per heavy atom. The van der Waals surface area contributed by atoms with Crippen LogP contribution >= 0.6 is 15.9 Å². The van der Waals surface area contributed by atoms with Crippen LogP contribution in [-0.2, 0) is 19.9 Å². The van der Waals surface area contributed by atoms with Gasteiger partial charge in [-0.3, -0.25) is 9.59 Å². The molecular formula is C16H18BrNO4. The largest absolute Gasteiger partial charge is 0.481 e. The highest BCUT2D eigenvalue weighted by Gasteiger charge is 2.50. The maximum atomic E-state index is 12.4. The van der Waals surface area contributed by atoms with Crippen LogP contribution in [0.5, 0.6) is 0 Å². The fourth-order valence-electron chi connectivity index (χ4n) is 3.06. The van der Waals surface area contributed by atoms with Crippen LogP contribution in [0.25, 0.3) is 0 Å². The summed E-state index contributed by atoms with van der Waals surface area (Å²) in [4.78, 5) is 23.4. The molecule has 0 aromatic heterocycles. The fourth-order valence-corrected chi connectivity index (χ4v) is 3.33. The van der Waals surface area contributed by atoms with E-state index in [1.54, 1.807) is 0 Å². The molecule has 0 bridgehead atoms. The van der Waals surface area contributed by atoms with Crippen LogP contribution in [0, 0.1) is 11.8 Å². The normalized spacial score (nSPS) is 26.2. The maximum absolute atomic E-state index is 12.4. The second-order valence-electron chi connectivity index (χ2n) is 5.98. The first-order valence-electron chi connectivity index (χ1n) is 7.40. The van der Waals surface area contributed by atoms with Crippen LogP contribution in [0.15, 0.2) is 28.7 Å². The standard InChI is InChI=1S/C16H18BrNO4/c17-11-3-1-10(2-4-11)16(5-7-22-8-6-16)18-14(19)12-9-13(12)15(20)21/h1-4,12-13H,5-9H2,(H,18,19)(H,20,21)/t12-,13+/m1/s1. The Morgan fingerprint density at radius 1 is 1.18 bits per heavy atom. The van der Waals surface area contributed by atoms with Gasteiger partial charge in [-0.1, -0.05) is 28.1 Å². The predicted octanol–water partition coefficient (Wildman–Crippen LogP) is 2.29. The van der Waals surface area contributed by atoms with Gasteiger partial charge in [-0.25, -0.2) is 0 Å². The smallest absolute Gasteiger partial charge is 0.307 e. The van der Waals surface area contributed by atoms with E-state index in [9.17, 15) is 9.59 Å². The number of ether oxygens (including phenoxy) is 1. The summed E-state index contributed by atoms with van der Waals surface area (Å²) in [5.74, 6) is -1.96. The van der Waals surface area contributed by atoms with Crippen LogP contribution in [0.2, 0.25) is 0 Å². The minimum atomic E-state index is -0.884.